The minimum absolute atomic E-state index is 0.00318. The molecule has 2 bridgehead atoms. The van der Waals surface area contributed by atoms with Crippen LogP contribution in [-0.2, 0) is 16.1 Å². The fourth-order valence-corrected chi connectivity index (χ4v) is 4.10. The molecular weight excluding hydrogens is 307 g/mol. The van der Waals surface area contributed by atoms with Gasteiger partial charge in [0.2, 0.25) is 0 Å². The van der Waals surface area contributed by atoms with Crippen molar-refractivity contribution < 1.29 is 9.47 Å². The molecule has 0 spiro atoms. The van der Waals surface area contributed by atoms with Crippen LogP contribution in [0.15, 0.2) is 18.2 Å². The molecule has 3 rings (SSSR count). The van der Waals surface area contributed by atoms with Crippen LogP contribution in [0.2, 0.25) is 10.0 Å². The van der Waals surface area contributed by atoms with Gasteiger partial charge in [-0.1, -0.05) is 43.1 Å². The lowest BCUT2D eigenvalue weighted by Gasteiger charge is -2.31. The summed E-state index contributed by atoms with van der Waals surface area (Å²) in [6.07, 6.45) is 3.33. The van der Waals surface area contributed by atoms with E-state index in [-0.39, 0.29) is 17.3 Å². The molecule has 2 fully saturated rings. The van der Waals surface area contributed by atoms with E-state index in [2.05, 4.69) is 20.8 Å². The number of rotatable bonds is 4. The highest BCUT2D eigenvalue weighted by molar-refractivity contribution is 6.35. The number of halogens is 2. The maximum Gasteiger partial charge on any atom is 0.0924 e. The quantitative estimate of drug-likeness (QED) is 0.751. The highest BCUT2D eigenvalue weighted by Gasteiger charge is 2.60. The van der Waals surface area contributed by atoms with Gasteiger partial charge in [0.1, 0.15) is 0 Å². The molecule has 2 heterocycles. The molecule has 2 saturated heterocycles. The summed E-state index contributed by atoms with van der Waals surface area (Å²) in [7, 11) is 0. The summed E-state index contributed by atoms with van der Waals surface area (Å²) in [6.45, 7) is 7.17. The topological polar surface area (TPSA) is 18.5 Å². The van der Waals surface area contributed by atoms with E-state index in [4.69, 9.17) is 32.7 Å². The first-order chi connectivity index (χ1) is 9.85. The SMILES string of the molecule is CC(C)C12CCC(C)(O1)C(OCc1ccc(Cl)cc1Cl)C2. The Hall–Kier alpha value is -0.280. The van der Waals surface area contributed by atoms with Gasteiger partial charge >= 0.3 is 0 Å². The maximum absolute atomic E-state index is 6.38. The van der Waals surface area contributed by atoms with Gasteiger partial charge < -0.3 is 9.47 Å². The van der Waals surface area contributed by atoms with Crippen LogP contribution in [0.1, 0.15) is 45.6 Å². The molecule has 116 valence electrons. The van der Waals surface area contributed by atoms with Crippen LogP contribution in [0.3, 0.4) is 0 Å². The lowest BCUT2D eigenvalue weighted by molar-refractivity contribution is -0.0959. The second kappa shape index (κ2) is 5.42. The number of ether oxygens (including phenoxy) is 2. The standard InChI is InChI=1S/C17H22Cl2O2/c1-11(2)17-7-6-16(3,21-17)15(9-17)20-10-12-4-5-13(18)8-14(12)19/h4-5,8,11,15H,6-7,9-10H2,1-3H3. The second-order valence-corrected chi connectivity index (χ2v) is 7.72. The molecule has 2 nitrogen and oxygen atoms in total. The van der Waals surface area contributed by atoms with E-state index in [9.17, 15) is 0 Å². The van der Waals surface area contributed by atoms with Gasteiger partial charge in [-0.25, -0.2) is 0 Å². The van der Waals surface area contributed by atoms with Gasteiger partial charge in [0, 0.05) is 16.5 Å². The zero-order valence-corrected chi connectivity index (χ0v) is 14.3. The molecule has 0 N–H and O–H groups in total. The first-order valence-electron chi connectivity index (χ1n) is 7.60. The smallest absolute Gasteiger partial charge is 0.0924 e. The molecule has 0 aromatic heterocycles. The Morgan fingerprint density at radius 1 is 1.33 bits per heavy atom. The first kappa shape index (κ1) is 15.6. The number of benzene rings is 1. The van der Waals surface area contributed by atoms with Crippen molar-refractivity contribution in [3.63, 3.8) is 0 Å². The Labute approximate surface area is 136 Å². The Kier molecular flexibility index (Phi) is 4.03. The largest absolute Gasteiger partial charge is 0.370 e. The zero-order chi connectivity index (χ0) is 15.3. The lowest BCUT2D eigenvalue weighted by atomic mass is 9.75. The van der Waals surface area contributed by atoms with E-state index in [1.54, 1.807) is 6.07 Å². The third kappa shape index (κ3) is 2.72. The van der Waals surface area contributed by atoms with Crippen LogP contribution in [-0.4, -0.2) is 17.3 Å². The van der Waals surface area contributed by atoms with E-state index in [0.717, 1.165) is 24.8 Å². The van der Waals surface area contributed by atoms with Gasteiger partial charge in [-0.05, 0) is 43.4 Å². The minimum atomic E-state index is -0.150. The Morgan fingerprint density at radius 3 is 2.71 bits per heavy atom. The van der Waals surface area contributed by atoms with E-state index >= 15 is 0 Å². The summed E-state index contributed by atoms with van der Waals surface area (Å²) in [5.74, 6) is 0.520. The van der Waals surface area contributed by atoms with Gasteiger partial charge in [-0.2, -0.15) is 0 Å². The van der Waals surface area contributed by atoms with Crippen LogP contribution < -0.4 is 0 Å². The van der Waals surface area contributed by atoms with Crippen molar-refractivity contribution in [1.82, 2.24) is 0 Å². The average Bonchev–Trinajstić information content (AvgIpc) is 2.90. The third-order valence-corrected chi connectivity index (χ3v) is 5.79. The predicted molar refractivity (Wildman–Crippen MR) is 85.9 cm³/mol. The van der Waals surface area contributed by atoms with Crippen molar-refractivity contribution >= 4 is 23.2 Å². The fourth-order valence-electron chi connectivity index (χ4n) is 3.63. The molecule has 21 heavy (non-hydrogen) atoms. The molecule has 0 amide bonds. The summed E-state index contributed by atoms with van der Waals surface area (Å²) >= 11 is 12.1. The normalized spacial score (nSPS) is 34.9. The van der Waals surface area contributed by atoms with Crippen molar-refractivity contribution in [3.8, 4) is 0 Å². The summed E-state index contributed by atoms with van der Waals surface area (Å²) in [4.78, 5) is 0. The molecular formula is C17H22Cl2O2. The molecule has 0 radical (unpaired) electrons. The number of hydrogen-bond donors (Lipinski definition) is 0. The van der Waals surface area contributed by atoms with E-state index in [0.29, 0.717) is 22.6 Å². The molecule has 1 aromatic rings. The van der Waals surface area contributed by atoms with E-state index < -0.39 is 0 Å². The predicted octanol–water partition coefficient (Wildman–Crippen LogP) is 5.25. The monoisotopic (exact) mass is 328 g/mol. The van der Waals surface area contributed by atoms with Gasteiger partial charge in [0.15, 0.2) is 0 Å². The second-order valence-electron chi connectivity index (χ2n) is 6.87. The number of fused-ring (bicyclic) bond motifs is 2. The van der Waals surface area contributed by atoms with Crippen molar-refractivity contribution in [2.75, 3.05) is 0 Å². The van der Waals surface area contributed by atoms with Gasteiger partial charge in [-0.3, -0.25) is 0 Å². The maximum atomic E-state index is 6.38. The van der Waals surface area contributed by atoms with Crippen LogP contribution >= 0.6 is 23.2 Å². The summed E-state index contributed by atoms with van der Waals surface area (Å²) < 4.78 is 12.5. The van der Waals surface area contributed by atoms with Crippen LogP contribution in [0.5, 0.6) is 0 Å². The number of hydrogen-bond acceptors (Lipinski definition) is 2. The molecule has 2 aliphatic heterocycles. The van der Waals surface area contributed by atoms with Crippen molar-refractivity contribution in [1.29, 1.82) is 0 Å². The lowest BCUT2D eigenvalue weighted by Crippen LogP contribution is -2.38. The Balaban J connectivity index is 1.69. The van der Waals surface area contributed by atoms with Crippen molar-refractivity contribution in [3.05, 3.63) is 33.8 Å². The van der Waals surface area contributed by atoms with Gasteiger partial charge in [0.05, 0.1) is 23.9 Å². The van der Waals surface area contributed by atoms with E-state index in [1.807, 2.05) is 12.1 Å². The van der Waals surface area contributed by atoms with Gasteiger partial charge in [-0.15, -0.1) is 0 Å². The average molecular weight is 329 g/mol. The molecule has 3 atom stereocenters. The molecule has 1 aromatic carbocycles. The molecule has 4 heteroatoms. The summed E-state index contributed by atoms with van der Waals surface area (Å²) in [6, 6.07) is 5.54. The van der Waals surface area contributed by atoms with Crippen LogP contribution in [0.25, 0.3) is 0 Å². The Bertz CT molecular complexity index is 546. The van der Waals surface area contributed by atoms with Crippen LogP contribution in [0.4, 0.5) is 0 Å². The zero-order valence-electron chi connectivity index (χ0n) is 12.8. The van der Waals surface area contributed by atoms with Crippen molar-refractivity contribution in [2.24, 2.45) is 5.92 Å². The summed E-state index contributed by atoms with van der Waals surface area (Å²) in [5, 5.41) is 1.31. The summed E-state index contributed by atoms with van der Waals surface area (Å²) in [5.41, 5.74) is 0.831. The van der Waals surface area contributed by atoms with Crippen LogP contribution in [0, 0.1) is 5.92 Å². The molecule has 0 aliphatic carbocycles. The molecule has 2 aliphatic rings. The van der Waals surface area contributed by atoms with Crippen molar-refractivity contribution in [2.45, 2.75) is 63.9 Å². The molecule has 3 unspecified atom stereocenters. The van der Waals surface area contributed by atoms with E-state index in [1.165, 1.54) is 0 Å². The fraction of sp³-hybridized carbons (Fsp3) is 0.647. The highest BCUT2D eigenvalue weighted by Crippen LogP contribution is 2.55. The highest BCUT2D eigenvalue weighted by atomic mass is 35.5. The third-order valence-electron chi connectivity index (χ3n) is 5.20. The molecule has 0 saturated carbocycles. The minimum Gasteiger partial charge on any atom is -0.370 e. The van der Waals surface area contributed by atoms with Gasteiger partial charge in [0.25, 0.3) is 0 Å². The first-order valence-corrected chi connectivity index (χ1v) is 8.36. The Morgan fingerprint density at radius 2 is 2.10 bits per heavy atom.